The Labute approximate surface area is 103 Å². The van der Waals surface area contributed by atoms with Crippen molar-refractivity contribution in [2.45, 2.75) is 26.9 Å². The highest BCUT2D eigenvalue weighted by atomic mass is 32.1. The lowest BCUT2D eigenvalue weighted by molar-refractivity contribution is 0.307. The molecule has 2 nitrogen and oxygen atoms in total. The van der Waals surface area contributed by atoms with Gasteiger partial charge in [-0.25, -0.2) is 0 Å². The summed E-state index contributed by atoms with van der Waals surface area (Å²) < 4.78 is 0. The Morgan fingerprint density at radius 2 is 2.12 bits per heavy atom. The van der Waals surface area contributed by atoms with Gasteiger partial charge < -0.3 is 5.32 Å². The van der Waals surface area contributed by atoms with Crippen LogP contribution in [0.4, 0.5) is 0 Å². The number of hydrogen-bond donors (Lipinski definition) is 1. The Hall–Kier alpha value is -0.640. The summed E-state index contributed by atoms with van der Waals surface area (Å²) in [5.74, 6) is 0. The van der Waals surface area contributed by atoms with Gasteiger partial charge in [0.25, 0.3) is 0 Å². The summed E-state index contributed by atoms with van der Waals surface area (Å²) in [5.41, 5.74) is 1.23. The number of likely N-dealkylation sites (N-methyl/N-ethyl adjacent to an activating group) is 1. The number of rotatable bonds is 7. The van der Waals surface area contributed by atoms with E-state index in [2.05, 4.69) is 42.8 Å². The van der Waals surface area contributed by atoms with E-state index in [0.717, 1.165) is 26.2 Å². The van der Waals surface area contributed by atoms with E-state index in [9.17, 15) is 0 Å². The summed E-state index contributed by atoms with van der Waals surface area (Å²) in [4.78, 5) is 5.26. The van der Waals surface area contributed by atoms with E-state index in [1.54, 1.807) is 0 Å². The Kier molecular flexibility index (Phi) is 5.74. The second kappa shape index (κ2) is 6.84. The molecule has 0 saturated heterocycles. The number of nitrogens with zero attached hydrogens (tertiary/aromatic N) is 1. The van der Waals surface area contributed by atoms with E-state index < -0.39 is 0 Å². The monoisotopic (exact) mass is 238 g/mol. The molecule has 0 aromatic carbocycles. The standard InChI is InChI=1S/C13H22N2S/c1-5-15(9-11(2)3)10-13-7-6-12(16-13)8-14-4/h6-7,14H,2,5,8-10H2,1,3-4H3. The Balaban J connectivity index is 2.52. The van der Waals surface area contributed by atoms with Crippen LogP contribution in [0.3, 0.4) is 0 Å². The maximum Gasteiger partial charge on any atom is 0.0331 e. The van der Waals surface area contributed by atoms with Gasteiger partial charge in [-0.15, -0.1) is 11.3 Å². The summed E-state index contributed by atoms with van der Waals surface area (Å²) in [6.45, 7) is 12.3. The third-order valence-corrected chi connectivity index (χ3v) is 3.46. The van der Waals surface area contributed by atoms with Gasteiger partial charge in [0.15, 0.2) is 0 Å². The first-order chi connectivity index (χ1) is 7.65. The topological polar surface area (TPSA) is 15.3 Å². The van der Waals surface area contributed by atoms with Crippen LogP contribution in [-0.4, -0.2) is 25.0 Å². The van der Waals surface area contributed by atoms with Crippen molar-refractivity contribution in [3.05, 3.63) is 34.0 Å². The summed E-state index contributed by atoms with van der Waals surface area (Å²) >= 11 is 1.89. The fraction of sp³-hybridized carbons (Fsp3) is 0.538. The van der Waals surface area contributed by atoms with E-state index in [-0.39, 0.29) is 0 Å². The molecule has 16 heavy (non-hydrogen) atoms. The minimum atomic E-state index is 0.970. The van der Waals surface area contributed by atoms with Crippen LogP contribution in [0, 0.1) is 0 Å². The molecule has 0 spiro atoms. The molecular weight excluding hydrogens is 216 g/mol. The molecule has 0 unspecified atom stereocenters. The van der Waals surface area contributed by atoms with Gasteiger partial charge in [0.2, 0.25) is 0 Å². The minimum Gasteiger partial charge on any atom is -0.315 e. The van der Waals surface area contributed by atoms with Crippen molar-refractivity contribution < 1.29 is 0 Å². The molecule has 0 aliphatic heterocycles. The van der Waals surface area contributed by atoms with E-state index in [0.29, 0.717) is 0 Å². The molecule has 0 fully saturated rings. The van der Waals surface area contributed by atoms with Gasteiger partial charge in [-0.05, 0) is 32.6 Å². The molecule has 1 aromatic heterocycles. The summed E-state index contributed by atoms with van der Waals surface area (Å²) in [7, 11) is 1.98. The van der Waals surface area contributed by atoms with Gasteiger partial charge in [0.1, 0.15) is 0 Å². The predicted molar refractivity (Wildman–Crippen MR) is 72.8 cm³/mol. The number of nitrogens with one attached hydrogen (secondary N) is 1. The van der Waals surface area contributed by atoms with Crippen molar-refractivity contribution >= 4 is 11.3 Å². The second-order valence-corrected chi connectivity index (χ2v) is 5.41. The van der Waals surface area contributed by atoms with Gasteiger partial charge in [-0.2, -0.15) is 0 Å². The molecule has 1 heterocycles. The van der Waals surface area contributed by atoms with Crippen LogP contribution in [-0.2, 0) is 13.1 Å². The smallest absolute Gasteiger partial charge is 0.0331 e. The number of thiophene rings is 1. The highest BCUT2D eigenvalue weighted by molar-refractivity contribution is 7.11. The highest BCUT2D eigenvalue weighted by Gasteiger charge is 2.06. The quantitative estimate of drug-likeness (QED) is 0.735. The summed E-state index contributed by atoms with van der Waals surface area (Å²) in [5, 5.41) is 3.18. The normalized spacial score (nSPS) is 11.0. The first-order valence-electron chi connectivity index (χ1n) is 5.74. The summed E-state index contributed by atoms with van der Waals surface area (Å²) in [6.07, 6.45) is 0. The first kappa shape index (κ1) is 13.4. The lowest BCUT2D eigenvalue weighted by Crippen LogP contribution is -2.23. The molecule has 0 atom stereocenters. The zero-order valence-corrected chi connectivity index (χ0v) is 11.4. The second-order valence-electron chi connectivity index (χ2n) is 4.16. The van der Waals surface area contributed by atoms with Crippen LogP contribution in [0.25, 0.3) is 0 Å². The molecule has 1 N–H and O–H groups in total. The third-order valence-electron chi connectivity index (χ3n) is 2.39. The molecule has 1 rings (SSSR count). The molecule has 0 amide bonds. The molecule has 1 aromatic rings. The molecule has 3 heteroatoms. The molecule has 0 aliphatic carbocycles. The summed E-state index contributed by atoms with van der Waals surface area (Å²) in [6, 6.07) is 4.45. The first-order valence-corrected chi connectivity index (χ1v) is 6.56. The van der Waals surface area contributed by atoms with E-state index >= 15 is 0 Å². The van der Waals surface area contributed by atoms with Gasteiger partial charge in [-0.3, -0.25) is 4.90 Å². The fourth-order valence-electron chi connectivity index (χ4n) is 1.66. The Morgan fingerprint density at radius 3 is 2.69 bits per heavy atom. The van der Waals surface area contributed by atoms with Crippen molar-refractivity contribution in [1.29, 1.82) is 0 Å². The largest absolute Gasteiger partial charge is 0.315 e. The molecule has 0 radical (unpaired) electrons. The van der Waals surface area contributed by atoms with Crippen molar-refractivity contribution in [3.63, 3.8) is 0 Å². The van der Waals surface area contributed by atoms with Crippen molar-refractivity contribution in [1.82, 2.24) is 10.2 Å². The minimum absolute atomic E-state index is 0.970. The SMILES string of the molecule is C=C(C)CN(CC)Cc1ccc(CNC)s1. The fourth-order valence-corrected chi connectivity index (χ4v) is 2.73. The zero-order chi connectivity index (χ0) is 12.0. The molecular formula is C13H22N2S. The van der Waals surface area contributed by atoms with Gasteiger partial charge in [-0.1, -0.05) is 19.1 Å². The van der Waals surface area contributed by atoms with E-state index in [1.807, 2.05) is 18.4 Å². The van der Waals surface area contributed by atoms with Crippen LogP contribution >= 0.6 is 11.3 Å². The average molecular weight is 238 g/mol. The maximum atomic E-state index is 3.97. The van der Waals surface area contributed by atoms with Crippen molar-refractivity contribution in [3.8, 4) is 0 Å². The maximum absolute atomic E-state index is 3.97. The molecule has 0 bridgehead atoms. The lowest BCUT2D eigenvalue weighted by Gasteiger charge is -2.19. The number of hydrogen-bond acceptors (Lipinski definition) is 3. The zero-order valence-electron chi connectivity index (χ0n) is 10.5. The van der Waals surface area contributed by atoms with Gasteiger partial charge >= 0.3 is 0 Å². The third kappa shape index (κ3) is 4.47. The van der Waals surface area contributed by atoms with Gasteiger partial charge in [0.05, 0.1) is 0 Å². The van der Waals surface area contributed by atoms with Crippen LogP contribution in [0.2, 0.25) is 0 Å². The Morgan fingerprint density at radius 1 is 1.44 bits per heavy atom. The van der Waals surface area contributed by atoms with Crippen molar-refractivity contribution in [2.24, 2.45) is 0 Å². The average Bonchev–Trinajstić information content (AvgIpc) is 2.64. The van der Waals surface area contributed by atoms with Crippen LogP contribution < -0.4 is 5.32 Å². The van der Waals surface area contributed by atoms with Crippen LogP contribution in [0.1, 0.15) is 23.6 Å². The highest BCUT2D eigenvalue weighted by Crippen LogP contribution is 2.18. The van der Waals surface area contributed by atoms with Crippen LogP contribution in [0.5, 0.6) is 0 Å². The van der Waals surface area contributed by atoms with E-state index in [1.165, 1.54) is 15.3 Å². The van der Waals surface area contributed by atoms with Crippen LogP contribution in [0.15, 0.2) is 24.3 Å². The molecule has 0 saturated carbocycles. The molecule has 0 aliphatic rings. The molecule has 90 valence electrons. The lowest BCUT2D eigenvalue weighted by atomic mass is 10.3. The predicted octanol–water partition coefficient (Wildman–Crippen LogP) is 2.87. The Bertz CT molecular complexity index is 330. The van der Waals surface area contributed by atoms with Gasteiger partial charge in [0, 0.05) is 29.4 Å². The van der Waals surface area contributed by atoms with E-state index in [4.69, 9.17) is 0 Å². The van der Waals surface area contributed by atoms with Crippen molar-refractivity contribution in [2.75, 3.05) is 20.1 Å².